The minimum Gasteiger partial charge on any atom is -0.334 e. The molecule has 1 aromatic heterocycles. The second-order valence-corrected chi connectivity index (χ2v) is 5.30. The summed E-state index contributed by atoms with van der Waals surface area (Å²) in [6.07, 6.45) is 7.16. The maximum absolute atomic E-state index is 12.5. The number of alkyl halides is 1. The van der Waals surface area contributed by atoms with Crippen LogP contribution in [0.2, 0.25) is 0 Å². The topological polar surface area (TPSA) is 53.2 Å². The molecule has 1 heterocycles. The van der Waals surface area contributed by atoms with Crippen molar-refractivity contribution in [1.82, 2.24) is 9.88 Å². The Morgan fingerprint density at radius 2 is 2.05 bits per heavy atom. The van der Waals surface area contributed by atoms with Crippen molar-refractivity contribution in [3.8, 4) is 0 Å². The Bertz CT molecular complexity index is 460. The molecule has 0 spiro atoms. The van der Waals surface area contributed by atoms with Gasteiger partial charge in [-0.15, -0.1) is 11.6 Å². The molecule has 19 heavy (non-hydrogen) atoms. The average molecular weight is 283 g/mol. The van der Waals surface area contributed by atoms with Crippen LogP contribution >= 0.6 is 11.6 Å². The van der Waals surface area contributed by atoms with Crippen molar-refractivity contribution in [2.24, 2.45) is 0 Å². The molecule has 1 aliphatic rings. The third-order valence-electron chi connectivity index (χ3n) is 3.63. The van der Waals surface area contributed by atoms with Gasteiger partial charge in [0.15, 0.2) is 0 Å². The van der Waals surface area contributed by atoms with Gasteiger partial charge in [-0.25, -0.2) is 0 Å². The third kappa shape index (κ3) is 3.60. The number of H-pyrrole nitrogens is 1. The highest BCUT2D eigenvalue weighted by Gasteiger charge is 2.25. The van der Waals surface area contributed by atoms with Crippen LogP contribution in [0.4, 0.5) is 0 Å². The molecule has 0 saturated heterocycles. The number of nitrogens with zero attached hydrogens (tertiary/aromatic N) is 1. The van der Waals surface area contributed by atoms with Crippen LogP contribution in [0.3, 0.4) is 0 Å². The highest BCUT2D eigenvalue weighted by Crippen LogP contribution is 2.23. The number of carbonyl (C=O) groups excluding carboxylic acids is 1. The van der Waals surface area contributed by atoms with Crippen LogP contribution in [-0.4, -0.2) is 34.3 Å². The van der Waals surface area contributed by atoms with Gasteiger partial charge in [-0.05, 0) is 18.9 Å². The van der Waals surface area contributed by atoms with E-state index in [9.17, 15) is 9.59 Å². The van der Waals surface area contributed by atoms with Crippen molar-refractivity contribution in [2.75, 3.05) is 12.4 Å². The zero-order chi connectivity index (χ0) is 13.7. The van der Waals surface area contributed by atoms with E-state index >= 15 is 0 Å². The van der Waals surface area contributed by atoms with Crippen LogP contribution in [0.5, 0.6) is 0 Å². The van der Waals surface area contributed by atoms with Gasteiger partial charge in [0.2, 0.25) is 5.56 Å². The molecule has 4 nitrogen and oxygen atoms in total. The van der Waals surface area contributed by atoms with E-state index in [2.05, 4.69) is 4.98 Å². The lowest BCUT2D eigenvalue weighted by molar-refractivity contribution is 0.0649. The molecule has 0 atom stereocenters. The molecule has 2 rings (SSSR count). The predicted octanol–water partition coefficient (Wildman–Crippen LogP) is 2.39. The van der Waals surface area contributed by atoms with Gasteiger partial charge in [-0.3, -0.25) is 9.59 Å². The summed E-state index contributed by atoms with van der Waals surface area (Å²) in [6.45, 7) is 0.560. The molecule has 0 aliphatic heterocycles. The summed E-state index contributed by atoms with van der Waals surface area (Å²) < 4.78 is 0. The second-order valence-electron chi connectivity index (χ2n) is 4.92. The third-order valence-corrected chi connectivity index (χ3v) is 3.80. The Hall–Kier alpha value is -1.29. The zero-order valence-corrected chi connectivity index (χ0v) is 11.7. The Morgan fingerprint density at radius 1 is 1.32 bits per heavy atom. The fourth-order valence-corrected chi connectivity index (χ4v) is 2.83. The molecule has 1 aromatic rings. The van der Waals surface area contributed by atoms with Gasteiger partial charge >= 0.3 is 0 Å². The van der Waals surface area contributed by atoms with Crippen molar-refractivity contribution in [1.29, 1.82) is 0 Å². The molecule has 0 bridgehead atoms. The molecule has 1 amide bonds. The Balaban J connectivity index is 2.15. The summed E-state index contributed by atoms with van der Waals surface area (Å²) in [5.41, 5.74) is 0.327. The SMILES string of the molecule is O=C(c1ccc(=O)[nH]c1)N(CCCl)C1CCCCC1. The standard InChI is InChI=1S/C14H19ClN2O2/c15-8-9-17(12-4-2-1-3-5-12)14(19)11-6-7-13(18)16-10-11/h6-7,10,12H,1-5,8-9H2,(H,16,18). The Kier molecular flexibility index (Phi) is 5.02. The first kappa shape index (κ1) is 14.1. The summed E-state index contributed by atoms with van der Waals surface area (Å²) in [7, 11) is 0. The number of nitrogens with one attached hydrogen (secondary N) is 1. The molecule has 1 aliphatic carbocycles. The minimum atomic E-state index is -0.196. The van der Waals surface area contributed by atoms with E-state index in [1.807, 2.05) is 4.90 Å². The van der Waals surface area contributed by atoms with Gasteiger partial charge in [0.1, 0.15) is 0 Å². The summed E-state index contributed by atoms with van der Waals surface area (Å²) in [5.74, 6) is 0.398. The van der Waals surface area contributed by atoms with Gasteiger partial charge in [0, 0.05) is 30.7 Å². The molecule has 104 valence electrons. The van der Waals surface area contributed by atoms with Gasteiger partial charge < -0.3 is 9.88 Å². The molecule has 1 N–H and O–H groups in total. The van der Waals surface area contributed by atoms with Crippen LogP contribution in [0.15, 0.2) is 23.1 Å². The lowest BCUT2D eigenvalue weighted by Crippen LogP contribution is -2.42. The summed E-state index contributed by atoms with van der Waals surface area (Å²) >= 11 is 5.82. The van der Waals surface area contributed by atoms with Crippen LogP contribution in [0.25, 0.3) is 0 Å². The average Bonchev–Trinajstić information content (AvgIpc) is 2.46. The van der Waals surface area contributed by atoms with E-state index in [0.717, 1.165) is 12.8 Å². The van der Waals surface area contributed by atoms with Crippen molar-refractivity contribution < 1.29 is 4.79 Å². The molecular weight excluding hydrogens is 264 g/mol. The molecule has 0 unspecified atom stereocenters. The number of rotatable bonds is 4. The van der Waals surface area contributed by atoms with Gasteiger partial charge in [0.25, 0.3) is 5.91 Å². The second kappa shape index (κ2) is 6.75. The van der Waals surface area contributed by atoms with E-state index in [0.29, 0.717) is 18.0 Å². The van der Waals surface area contributed by atoms with Gasteiger partial charge in [-0.1, -0.05) is 19.3 Å². The van der Waals surface area contributed by atoms with Crippen LogP contribution in [-0.2, 0) is 0 Å². The largest absolute Gasteiger partial charge is 0.334 e. The summed E-state index contributed by atoms with van der Waals surface area (Å²) in [6, 6.07) is 3.24. The lowest BCUT2D eigenvalue weighted by atomic mass is 9.94. The maximum Gasteiger partial charge on any atom is 0.255 e. The van der Waals surface area contributed by atoms with Gasteiger partial charge in [0.05, 0.1) is 5.56 Å². The molecule has 1 saturated carbocycles. The van der Waals surface area contributed by atoms with E-state index in [-0.39, 0.29) is 17.5 Å². The number of hydrogen-bond donors (Lipinski definition) is 1. The van der Waals surface area contributed by atoms with E-state index < -0.39 is 0 Å². The van der Waals surface area contributed by atoms with Crippen molar-refractivity contribution in [3.05, 3.63) is 34.2 Å². The van der Waals surface area contributed by atoms with Crippen LogP contribution in [0.1, 0.15) is 42.5 Å². The Morgan fingerprint density at radius 3 is 2.63 bits per heavy atom. The number of pyridine rings is 1. The number of carbonyl (C=O) groups is 1. The predicted molar refractivity (Wildman–Crippen MR) is 75.7 cm³/mol. The molecule has 1 fully saturated rings. The fourth-order valence-electron chi connectivity index (χ4n) is 2.64. The first-order valence-corrected chi connectivity index (χ1v) is 7.31. The number of amides is 1. The first-order chi connectivity index (χ1) is 9.22. The van der Waals surface area contributed by atoms with Gasteiger partial charge in [-0.2, -0.15) is 0 Å². The monoisotopic (exact) mass is 282 g/mol. The quantitative estimate of drug-likeness (QED) is 0.862. The summed E-state index contributed by atoms with van der Waals surface area (Å²) in [5, 5.41) is 0. The van der Waals surface area contributed by atoms with Crippen LogP contribution < -0.4 is 5.56 Å². The molecule has 5 heteroatoms. The van der Waals surface area contributed by atoms with E-state index in [4.69, 9.17) is 11.6 Å². The van der Waals surface area contributed by atoms with Crippen molar-refractivity contribution >= 4 is 17.5 Å². The summed E-state index contributed by atoms with van der Waals surface area (Å²) in [4.78, 5) is 27.9. The fraction of sp³-hybridized carbons (Fsp3) is 0.571. The van der Waals surface area contributed by atoms with E-state index in [1.54, 1.807) is 6.07 Å². The normalized spacial score (nSPS) is 16.3. The highest BCUT2D eigenvalue weighted by molar-refractivity contribution is 6.18. The first-order valence-electron chi connectivity index (χ1n) is 6.78. The lowest BCUT2D eigenvalue weighted by Gasteiger charge is -2.34. The Labute approximate surface area is 117 Å². The van der Waals surface area contributed by atoms with Crippen molar-refractivity contribution in [2.45, 2.75) is 38.1 Å². The molecule has 0 aromatic carbocycles. The number of aromatic amines is 1. The smallest absolute Gasteiger partial charge is 0.255 e. The molecule has 0 radical (unpaired) electrons. The number of hydrogen-bond acceptors (Lipinski definition) is 2. The van der Waals surface area contributed by atoms with Crippen LogP contribution in [0, 0.1) is 0 Å². The molecular formula is C14H19ClN2O2. The maximum atomic E-state index is 12.5. The highest BCUT2D eigenvalue weighted by atomic mass is 35.5. The number of halogens is 1. The van der Waals surface area contributed by atoms with Crippen molar-refractivity contribution in [3.63, 3.8) is 0 Å². The minimum absolute atomic E-state index is 0.0381. The number of aromatic nitrogens is 1. The zero-order valence-electron chi connectivity index (χ0n) is 10.9. The van der Waals surface area contributed by atoms with E-state index in [1.165, 1.54) is 31.5 Å².